The van der Waals surface area contributed by atoms with Crippen molar-refractivity contribution in [3.05, 3.63) is 29.3 Å². The first-order valence-corrected chi connectivity index (χ1v) is 5.49. The zero-order chi connectivity index (χ0) is 12.8. The maximum absolute atomic E-state index is 13.5. The second kappa shape index (κ2) is 6.46. The van der Waals surface area contributed by atoms with Gasteiger partial charge in [-0.2, -0.15) is 0 Å². The molecular weight excluding hydrogens is 246 g/mol. The minimum Gasteiger partial charge on any atom is -0.389 e. The smallest absolute Gasteiger partial charge is 0.182 e. The Labute approximate surface area is 104 Å². The summed E-state index contributed by atoms with van der Waals surface area (Å²) in [6.07, 6.45) is 0.703. The molecule has 1 aromatic rings. The normalized spacial score (nSPS) is 10.3. The van der Waals surface area contributed by atoms with Crippen molar-refractivity contribution < 1.29 is 13.5 Å². The standard InChI is InChI=1S/C11H14F2N2OS/c1-16-6-2-5-15-8-4-3-7(11(14)17)9(12)10(8)13/h3-4,15H,2,5-6H2,1H3,(H2,14,17). The first kappa shape index (κ1) is 13.8. The third-order valence-corrected chi connectivity index (χ3v) is 2.41. The summed E-state index contributed by atoms with van der Waals surface area (Å²) >= 11 is 4.61. The number of rotatable bonds is 6. The number of halogens is 2. The molecule has 1 rings (SSSR count). The van der Waals surface area contributed by atoms with Crippen LogP contribution in [0.5, 0.6) is 0 Å². The minimum absolute atomic E-state index is 0.0834. The van der Waals surface area contributed by atoms with Gasteiger partial charge in [0, 0.05) is 25.8 Å². The van der Waals surface area contributed by atoms with Crippen molar-refractivity contribution in [1.29, 1.82) is 0 Å². The number of hydrogen-bond donors (Lipinski definition) is 2. The fraction of sp³-hybridized carbons (Fsp3) is 0.364. The first-order valence-electron chi connectivity index (χ1n) is 5.08. The van der Waals surface area contributed by atoms with E-state index < -0.39 is 11.6 Å². The molecule has 0 aromatic heterocycles. The van der Waals surface area contributed by atoms with E-state index in [-0.39, 0.29) is 16.2 Å². The van der Waals surface area contributed by atoms with Crippen molar-refractivity contribution in [3.63, 3.8) is 0 Å². The second-order valence-corrected chi connectivity index (χ2v) is 3.87. The number of nitrogens with one attached hydrogen (secondary N) is 1. The molecule has 0 aliphatic carbocycles. The highest BCUT2D eigenvalue weighted by molar-refractivity contribution is 7.80. The zero-order valence-electron chi connectivity index (χ0n) is 9.43. The van der Waals surface area contributed by atoms with Crippen molar-refractivity contribution >= 4 is 22.9 Å². The van der Waals surface area contributed by atoms with Crippen molar-refractivity contribution in [2.45, 2.75) is 6.42 Å². The van der Waals surface area contributed by atoms with E-state index in [1.165, 1.54) is 12.1 Å². The molecule has 17 heavy (non-hydrogen) atoms. The number of hydrogen-bond acceptors (Lipinski definition) is 3. The van der Waals surface area contributed by atoms with Crippen LogP contribution < -0.4 is 11.1 Å². The van der Waals surface area contributed by atoms with Gasteiger partial charge in [-0.15, -0.1) is 0 Å². The molecule has 1 aromatic carbocycles. The Balaban J connectivity index is 2.75. The molecule has 0 fully saturated rings. The van der Waals surface area contributed by atoms with Gasteiger partial charge in [-0.25, -0.2) is 8.78 Å². The van der Waals surface area contributed by atoms with Gasteiger partial charge in [0.2, 0.25) is 0 Å². The van der Waals surface area contributed by atoms with E-state index in [1.807, 2.05) is 0 Å². The lowest BCUT2D eigenvalue weighted by Gasteiger charge is -2.09. The molecule has 3 nitrogen and oxygen atoms in total. The summed E-state index contributed by atoms with van der Waals surface area (Å²) in [5.74, 6) is -1.98. The molecule has 6 heteroatoms. The lowest BCUT2D eigenvalue weighted by Crippen LogP contribution is -2.14. The summed E-state index contributed by atoms with van der Waals surface area (Å²) in [5, 5.41) is 2.78. The van der Waals surface area contributed by atoms with Crippen LogP contribution in [0.1, 0.15) is 12.0 Å². The van der Waals surface area contributed by atoms with Crippen LogP contribution >= 0.6 is 12.2 Å². The Morgan fingerprint density at radius 2 is 2.12 bits per heavy atom. The van der Waals surface area contributed by atoms with Gasteiger partial charge in [-0.3, -0.25) is 0 Å². The summed E-state index contributed by atoms with van der Waals surface area (Å²) in [4.78, 5) is -0.160. The highest BCUT2D eigenvalue weighted by Crippen LogP contribution is 2.20. The maximum Gasteiger partial charge on any atom is 0.182 e. The van der Waals surface area contributed by atoms with Crippen LogP contribution in [0.4, 0.5) is 14.5 Å². The SMILES string of the molecule is COCCCNc1ccc(C(N)=S)c(F)c1F. The van der Waals surface area contributed by atoms with Crippen LogP contribution in [0.15, 0.2) is 12.1 Å². The summed E-state index contributed by atoms with van der Waals surface area (Å²) < 4.78 is 31.9. The lowest BCUT2D eigenvalue weighted by atomic mass is 10.1. The Hall–Kier alpha value is -1.27. The van der Waals surface area contributed by atoms with Crippen molar-refractivity contribution in [1.82, 2.24) is 0 Å². The van der Waals surface area contributed by atoms with Crippen LogP contribution in [0.2, 0.25) is 0 Å². The van der Waals surface area contributed by atoms with Crippen LogP contribution in [0, 0.1) is 11.6 Å². The Bertz CT molecular complexity index is 413. The van der Waals surface area contributed by atoms with Gasteiger partial charge in [0.15, 0.2) is 11.6 Å². The molecular formula is C11H14F2N2OS. The molecule has 0 atom stereocenters. The number of anilines is 1. The van der Waals surface area contributed by atoms with Crippen LogP contribution in [-0.2, 0) is 4.74 Å². The number of methoxy groups -OCH3 is 1. The van der Waals surface area contributed by atoms with E-state index in [2.05, 4.69) is 17.5 Å². The van der Waals surface area contributed by atoms with Gasteiger partial charge in [-0.1, -0.05) is 12.2 Å². The predicted octanol–water partition coefficient (Wildman–Crippen LogP) is 2.05. The van der Waals surface area contributed by atoms with Crippen molar-refractivity contribution in [2.75, 3.05) is 25.6 Å². The third kappa shape index (κ3) is 3.61. The topological polar surface area (TPSA) is 47.3 Å². The Kier molecular flexibility index (Phi) is 5.24. The quantitative estimate of drug-likeness (QED) is 0.607. The zero-order valence-corrected chi connectivity index (χ0v) is 10.2. The Morgan fingerprint density at radius 3 is 2.71 bits per heavy atom. The molecule has 3 N–H and O–H groups in total. The number of nitrogens with two attached hydrogens (primary N) is 1. The minimum atomic E-state index is -1.02. The van der Waals surface area contributed by atoms with Crippen LogP contribution in [0.25, 0.3) is 0 Å². The average molecular weight is 260 g/mol. The summed E-state index contributed by atoms with van der Waals surface area (Å²) in [5.41, 5.74) is 5.27. The van der Waals surface area contributed by atoms with E-state index in [0.717, 1.165) is 0 Å². The molecule has 94 valence electrons. The van der Waals surface area contributed by atoms with E-state index in [9.17, 15) is 8.78 Å². The van der Waals surface area contributed by atoms with Gasteiger partial charge in [-0.05, 0) is 18.6 Å². The average Bonchev–Trinajstić information content (AvgIpc) is 2.29. The number of benzene rings is 1. The predicted molar refractivity (Wildman–Crippen MR) is 67.2 cm³/mol. The van der Waals surface area contributed by atoms with Crippen molar-refractivity contribution in [2.24, 2.45) is 5.73 Å². The molecule has 0 bridgehead atoms. The van der Waals surface area contributed by atoms with Crippen molar-refractivity contribution in [3.8, 4) is 0 Å². The third-order valence-electron chi connectivity index (χ3n) is 2.19. The molecule has 0 radical (unpaired) electrons. The molecule has 0 aliphatic heterocycles. The van der Waals surface area contributed by atoms with Gasteiger partial charge < -0.3 is 15.8 Å². The molecule has 0 amide bonds. The number of thiocarbonyl (C=S) groups is 1. The molecule has 0 saturated heterocycles. The molecule has 0 heterocycles. The maximum atomic E-state index is 13.5. The van der Waals surface area contributed by atoms with Crippen LogP contribution in [0.3, 0.4) is 0 Å². The van der Waals surface area contributed by atoms with E-state index >= 15 is 0 Å². The summed E-state index contributed by atoms with van der Waals surface area (Å²) in [6, 6.07) is 2.78. The summed E-state index contributed by atoms with van der Waals surface area (Å²) in [6.45, 7) is 1.05. The molecule has 0 spiro atoms. The van der Waals surface area contributed by atoms with E-state index in [1.54, 1.807) is 7.11 Å². The van der Waals surface area contributed by atoms with Gasteiger partial charge in [0.05, 0.1) is 5.69 Å². The van der Waals surface area contributed by atoms with E-state index in [0.29, 0.717) is 19.6 Å². The first-order chi connectivity index (χ1) is 8.07. The highest BCUT2D eigenvalue weighted by atomic mass is 32.1. The molecule has 0 unspecified atom stereocenters. The number of ether oxygens (including phenoxy) is 1. The largest absolute Gasteiger partial charge is 0.389 e. The monoisotopic (exact) mass is 260 g/mol. The molecule has 0 aliphatic rings. The van der Waals surface area contributed by atoms with Gasteiger partial charge in [0.25, 0.3) is 0 Å². The summed E-state index contributed by atoms with van der Waals surface area (Å²) in [7, 11) is 1.58. The second-order valence-electron chi connectivity index (χ2n) is 3.43. The Morgan fingerprint density at radius 1 is 1.41 bits per heavy atom. The highest BCUT2D eigenvalue weighted by Gasteiger charge is 2.14. The van der Waals surface area contributed by atoms with Crippen LogP contribution in [-0.4, -0.2) is 25.2 Å². The fourth-order valence-corrected chi connectivity index (χ4v) is 1.47. The van der Waals surface area contributed by atoms with Gasteiger partial charge >= 0.3 is 0 Å². The van der Waals surface area contributed by atoms with E-state index in [4.69, 9.17) is 10.5 Å². The van der Waals surface area contributed by atoms with Gasteiger partial charge in [0.1, 0.15) is 4.99 Å². The lowest BCUT2D eigenvalue weighted by molar-refractivity contribution is 0.197. The molecule has 0 saturated carbocycles. The fourth-order valence-electron chi connectivity index (χ4n) is 1.32.